The average Bonchev–Trinajstić information content (AvgIpc) is 1.77. The van der Waals surface area contributed by atoms with Gasteiger partial charge >= 0.3 is 0 Å². The molecule has 0 saturated heterocycles. The van der Waals surface area contributed by atoms with E-state index >= 15 is 0 Å². The summed E-state index contributed by atoms with van der Waals surface area (Å²) in [5.74, 6) is 0.324. The molecular formula is C6H5IOZr. The van der Waals surface area contributed by atoms with Crippen LogP contribution in [0.5, 0.6) is 5.75 Å². The van der Waals surface area contributed by atoms with Crippen LogP contribution in [0.3, 0.4) is 0 Å². The molecule has 0 radical (unpaired) electrons. The Morgan fingerprint density at radius 3 is 1.89 bits per heavy atom. The summed E-state index contributed by atoms with van der Waals surface area (Å²) in [5.41, 5.74) is 0. The molecule has 0 amide bonds. The third-order valence-corrected chi connectivity index (χ3v) is 1.55. The van der Waals surface area contributed by atoms with Gasteiger partial charge in [-0.15, -0.1) is 0 Å². The van der Waals surface area contributed by atoms with Crippen LogP contribution in [0.25, 0.3) is 0 Å². The summed E-state index contributed by atoms with van der Waals surface area (Å²) in [6, 6.07) is 7.05. The van der Waals surface area contributed by atoms with Crippen molar-refractivity contribution >= 4 is 22.6 Å². The van der Waals surface area contributed by atoms with Crippen LogP contribution >= 0.6 is 22.6 Å². The molecule has 46 valence electrons. The summed E-state index contributed by atoms with van der Waals surface area (Å²) >= 11 is 2.19. The molecule has 0 heterocycles. The SMILES string of the molecule is Oc1ccc(I)cc1.[Zr]. The van der Waals surface area contributed by atoms with E-state index < -0.39 is 0 Å². The molecule has 0 fully saturated rings. The molecule has 0 aromatic heterocycles. The van der Waals surface area contributed by atoms with E-state index in [0.29, 0.717) is 5.75 Å². The molecule has 0 atom stereocenters. The average molecular weight is 311 g/mol. The minimum atomic E-state index is 0. The van der Waals surface area contributed by atoms with Gasteiger partial charge < -0.3 is 5.11 Å². The van der Waals surface area contributed by atoms with Crippen molar-refractivity contribution in [3.8, 4) is 5.75 Å². The summed E-state index contributed by atoms with van der Waals surface area (Å²) < 4.78 is 1.14. The van der Waals surface area contributed by atoms with E-state index in [4.69, 9.17) is 5.11 Å². The summed E-state index contributed by atoms with van der Waals surface area (Å²) in [6.07, 6.45) is 0. The second kappa shape index (κ2) is 4.45. The molecule has 0 bridgehead atoms. The zero-order valence-corrected chi connectivity index (χ0v) is 9.25. The molecule has 0 aliphatic heterocycles. The standard InChI is InChI=1S/C6H5IO.Zr/c7-5-1-3-6(8)4-2-5;/h1-4,8H;. The van der Waals surface area contributed by atoms with E-state index in [1.807, 2.05) is 12.1 Å². The number of hydrogen-bond donors (Lipinski definition) is 1. The molecule has 1 aromatic rings. The third-order valence-electron chi connectivity index (χ3n) is 0.827. The van der Waals surface area contributed by atoms with Crippen LogP contribution in [0.4, 0.5) is 0 Å². The Kier molecular flexibility index (Phi) is 4.76. The third kappa shape index (κ3) is 3.36. The van der Waals surface area contributed by atoms with Crippen molar-refractivity contribution in [2.24, 2.45) is 0 Å². The first kappa shape index (κ1) is 9.63. The second-order valence-electron chi connectivity index (χ2n) is 1.48. The maximum absolute atomic E-state index is 8.75. The van der Waals surface area contributed by atoms with Crippen molar-refractivity contribution in [1.82, 2.24) is 0 Å². The first-order chi connectivity index (χ1) is 3.79. The molecule has 0 saturated carbocycles. The van der Waals surface area contributed by atoms with Gasteiger partial charge in [-0.25, -0.2) is 0 Å². The molecule has 1 nitrogen and oxygen atoms in total. The number of hydrogen-bond acceptors (Lipinski definition) is 1. The van der Waals surface area contributed by atoms with Crippen LogP contribution in [0.2, 0.25) is 0 Å². The summed E-state index contributed by atoms with van der Waals surface area (Å²) in [4.78, 5) is 0. The van der Waals surface area contributed by atoms with Gasteiger partial charge in [0, 0.05) is 29.8 Å². The summed E-state index contributed by atoms with van der Waals surface area (Å²) in [6.45, 7) is 0. The quantitative estimate of drug-likeness (QED) is 0.727. The molecule has 0 aliphatic carbocycles. The smallest absolute Gasteiger partial charge is 0.115 e. The second-order valence-corrected chi connectivity index (χ2v) is 2.72. The van der Waals surface area contributed by atoms with E-state index in [2.05, 4.69) is 22.6 Å². The number of phenolic OH excluding ortho intramolecular Hbond substituents is 1. The van der Waals surface area contributed by atoms with Crippen LogP contribution in [-0.4, -0.2) is 5.11 Å². The normalized spacial score (nSPS) is 8.11. The fourth-order valence-electron chi connectivity index (χ4n) is 0.441. The van der Waals surface area contributed by atoms with Crippen LogP contribution in [0.1, 0.15) is 0 Å². The Labute approximate surface area is 86.7 Å². The van der Waals surface area contributed by atoms with Gasteiger partial charge in [0.05, 0.1) is 0 Å². The zero-order valence-electron chi connectivity index (χ0n) is 4.63. The minimum absolute atomic E-state index is 0. The molecule has 1 rings (SSSR count). The number of aromatic hydroxyl groups is 1. The maximum Gasteiger partial charge on any atom is 0.115 e. The Hall–Kier alpha value is 0.633. The van der Waals surface area contributed by atoms with Gasteiger partial charge in [0.25, 0.3) is 0 Å². The van der Waals surface area contributed by atoms with E-state index in [-0.39, 0.29) is 26.2 Å². The van der Waals surface area contributed by atoms with Gasteiger partial charge in [-0.1, -0.05) is 0 Å². The van der Waals surface area contributed by atoms with Crippen LogP contribution in [-0.2, 0) is 26.2 Å². The van der Waals surface area contributed by atoms with Crippen molar-refractivity contribution in [3.63, 3.8) is 0 Å². The van der Waals surface area contributed by atoms with E-state index in [1.165, 1.54) is 0 Å². The minimum Gasteiger partial charge on any atom is -0.508 e. The zero-order chi connectivity index (χ0) is 5.98. The van der Waals surface area contributed by atoms with Gasteiger partial charge in [-0.05, 0) is 46.9 Å². The fourth-order valence-corrected chi connectivity index (χ4v) is 0.801. The predicted octanol–water partition coefficient (Wildman–Crippen LogP) is 1.99. The fraction of sp³-hybridized carbons (Fsp3) is 0. The van der Waals surface area contributed by atoms with Crippen LogP contribution < -0.4 is 0 Å². The summed E-state index contributed by atoms with van der Waals surface area (Å²) in [7, 11) is 0. The van der Waals surface area contributed by atoms with Crippen molar-refractivity contribution < 1.29 is 31.3 Å². The van der Waals surface area contributed by atoms with Gasteiger partial charge in [-0.3, -0.25) is 0 Å². The number of rotatable bonds is 0. The van der Waals surface area contributed by atoms with Crippen molar-refractivity contribution in [1.29, 1.82) is 0 Å². The molecule has 1 aromatic carbocycles. The van der Waals surface area contributed by atoms with E-state index in [9.17, 15) is 0 Å². The maximum atomic E-state index is 8.75. The van der Waals surface area contributed by atoms with Crippen molar-refractivity contribution in [2.45, 2.75) is 0 Å². The first-order valence-electron chi connectivity index (χ1n) is 2.23. The molecule has 0 spiro atoms. The van der Waals surface area contributed by atoms with E-state index in [1.54, 1.807) is 12.1 Å². The molecule has 9 heavy (non-hydrogen) atoms. The van der Waals surface area contributed by atoms with Crippen molar-refractivity contribution in [3.05, 3.63) is 27.8 Å². The summed E-state index contributed by atoms with van der Waals surface area (Å²) in [5, 5.41) is 8.75. The van der Waals surface area contributed by atoms with Crippen LogP contribution in [0, 0.1) is 3.57 Å². The van der Waals surface area contributed by atoms with Crippen LogP contribution in [0.15, 0.2) is 24.3 Å². The molecule has 0 aliphatic rings. The molecule has 3 heteroatoms. The van der Waals surface area contributed by atoms with Crippen molar-refractivity contribution in [2.75, 3.05) is 0 Å². The number of phenols is 1. The topological polar surface area (TPSA) is 20.2 Å². The number of benzene rings is 1. The van der Waals surface area contributed by atoms with Gasteiger partial charge in [0.2, 0.25) is 0 Å². The predicted molar refractivity (Wildman–Crippen MR) is 40.8 cm³/mol. The van der Waals surface area contributed by atoms with E-state index in [0.717, 1.165) is 3.57 Å². The Morgan fingerprint density at radius 1 is 1.11 bits per heavy atom. The number of halogens is 1. The van der Waals surface area contributed by atoms with Gasteiger partial charge in [-0.2, -0.15) is 0 Å². The Balaban J connectivity index is 0.000000640. The molecule has 1 N–H and O–H groups in total. The molecule has 0 unspecified atom stereocenters. The monoisotopic (exact) mass is 310 g/mol. The molecular weight excluding hydrogens is 306 g/mol. The van der Waals surface area contributed by atoms with Gasteiger partial charge in [0.1, 0.15) is 5.75 Å². The van der Waals surface area contributed by atoms with Gasteiger partial charge in [0.15, 0.2) is 0 Å². The first-order valence-corrected chi connectivity index (χ1v) is 3.31. The Morgan fingerprint density at radius 2 is 1.56 bits per heavy atom. The Bertz CT molecular complexity index is 152. The largest absolute Gasteiger partial charge is 0.508 e.